The lowest BCUT2D eigenvalue weighted by Crippen LogP contribution is -2.27. The quantitative estimate of drug-likeness (QED) is 0.752. The molecular weight excluding hydrogens is 274 g/mol. The van der Waals surface area contributed by atoms with Crippen molar-refractivity contribution in [3.8, 4) is 0 Å². The van der Waals surface area contributed by atoms with E-state index in [1.54, 1.807) is 12.1 Å². The molecule has 1 aromatic carbocycles. The number of hydrogen-bond acceptors (Lipinski definition) is 2. The van der Waals surface area contributed by atoms with Gasteiger partial charge in [0, 0.05) is 18.1 Å². The minimum atomic E-state index is -0.891. The molecule has 0 spiro atoms. The highest BCUT2D eigenvalue weighted by molar-refractivity contribution is 6.31. The maximum absolute atomic E-state index is 11.5. The smallest absolute Gasteiger partial charge is 0.337 e. The zero-order valence-electron chi connectivity index (χ0n) is 12.6. The number of carbonyl (C=O) groups is 1. The molecule has 0 aliphatic rings. The average Bonchev–Trinajstić information content (AvgIpc) is 2.41. The largest absolute Gasteiger partial charge is 0.478 e. The van der Waals surface area contributed by atoms with Crippen molar-refractivity contribution in [2.24, 2.45) is 0 Å². The van der Waals surface area contributed by atoms with Crippen LogP contribution < -0.4 is 4.90 Å². The first kappa shape index (κ1) is 16.8. The summed E-state index contributed by atoms with van der Waals surface area (Å²) in [5.41, 5.74) is 1.90. The number of rotatable bonds is 8. The Bertz CT molecular complexity index is 452. The number of carboxylic acids is 1. The zero-order valence-corrected chi connectivity index (χ0v) is 13.3. The molecule has 0 bridgehead atoms. The average molecular weight is 298 g/mol. The molecule has 1 N–H and O–H groups in total. The van der Waals surface area contributed by atoms with E-state index in [1.165, 1.54) is 0 Å². The van der Waals surface area contributed by atoms with Crippen LogP contribution in [0.25, 0.3) is 0 Å². The van der Waals surface area contributed by atoms with Crippen molar-refractivity contribution in [1.29, 1.82) is 0 Å². The molecule has 0 aliphatic heterocycles. The maximum atomic E-state index is 11.5. The van der Waals surface area contributed by atoms with Crippen LogP contribution in [0.5, 0.6) is 0 Å². The molecule has 0 atom stereocenters. The Labute approximate surface area is 126 Å². The number of carboxylic acid groups (broad SMARTS) is 1. The Morgan fingerprint density at radius 1 is 1.20 bits per heavy atom. The van der Waals surface area contributed by atoms with Crippen LogP contribution in [0.1, 0.15) is 55.5 Å². The van der Waals surface area contributed by atoms with Gasteiger partial charge in [-0.3, -0.25) is 0 Å². The van der Waals surface area contributed by atoms with Crippen molar-refractivity contribution in [2.45, 2.75) is 46.5 Å². The van der Waals surface area contributed by atoms with E-state index < -0.39 is 5.97 Å². The van der Waals surface area contributed by atoms with Crippen LogP contribution in [-0.4, -0.2) is 24.2 Å². The molecular formula is C16H24ClNO2. The molecule has 0 unspecified atom stereocenters. The van der Waals surface area contributed by atoms with Crippen LogP contribution in [0.3, 0.4) is 0 Å². The van der Waals surface area contributed by atoms with E-state index in [0.29, 0.717) is 10.6 Å². The van der Waals surface area contributed by atoms with Gasteiger partial charge in [0.05, 0.1) is 11.3 Å². The molecule has 20 heavy (non-hydrogen) atoms. The van der Waals surface area contributed by atoms with Crippen molar-refractivity contribution in [3.63, 3.8) is 0 Å². The molecule has 1 aromatic rings. The van der Waals surface area contributed by atoms with E-state index in [1.807, 2.05) is 6.92 Å². The first-order valence-corrected chi connectivity index (χ1v) is 7.67. The van der Waals surface area contributed by atoms with Gasteiger partial charge >= 0.3 is 5.97 Å². The van der Waals surface area contributed by atoms with Crippen LogP contribution in [0.4, 0.5) is 5.69 Å². The van der Waals surface area contributed by atoms with Gasteiger partial charge < -0.3 is 10.0 Å². The fourth-order valence-corrected chi connectivity index (χ4v) is 2.31. The standard InChI is InChI=1S/C16H24ClNO2/c1-4-6-8-18(9-7-5-2)15-11-14(17)12(3)10-13(15)16(19)20/h10-11H,4-9H2,1-3H3,(H,19,20). The number of nitrogens with zero attached hydrogens (tertiary/aromatic N) is 1. The van der Waals surface area contributed by atoms with Gasteiger partial charge in [-0.2, -0.15) is 0 Å². The Hall–Kier alpha value is -1.22. The number of aromatic carboxylic acids is 1. The van der Waals surface area contributed by atoms with E-state index >= 15 is 0 Å². The van der Waals surface area contributed by atoms with Gasteiger partial charge in [-0.15, -0.1) is 0 Å². The second-order valence-corrected chi connectivity index (χ2v) is 5.53. The van der Waals surface area contributed by atoms with Gasteiger partial charge in [0.15, 0.2) is 0 Å². The third-order valence-electron chi connectivity index (χ3n) is 3.41. The van der Waals surface area contributed by atoms with Crippen LogP contribution in [-0.2, 0) is 0 Å². The molecule has 3 nitrogen and oxygen atoms in total. The van der Waals surface area contributed by atoms with E-state index in [9.17, 15) is 9.90 Å². The highest BCUT2D eigenvalue weighted by Gasteiger charge is 2.17. The van der Waals surface area contributed by atoms with E-state index in [2.05, 4.69) is 18.7 Å². The third-order valence-corrected chi connectivity index (χ3v) is 3.82. The molecule has 0 fully saturated rings. The number of hydrogen-bond donors (Lipinski definition) is 1. The summed E-state index contributed by atoms with van der Waals surface area (Å²) in [6.07, 6.45) is 4.28. The predicted molar refractivity (Wildman–Crippen MR) is 85.2 cm³/mol. The summed E-state index contributed by atoms with van der Waals surface area (Å²) in [6, 6.07) is 3.47. The van der Waals surface area contributed by atoms with Gasteiger partial charge in [-0.1, -0.05) is 38.3 Å². The number of anilines is 1. The minimum Gasteiger partial charge on any atom is -0.478 e. The maximum Gasteiger partial charge on any atom is 0.337 e. The molecule has 0 aliphatic carbocycles. The van der Waals surface area contributed by atoms with Crippen molar-refractivity contribution in [1.82, 2.24) is 0 Å². The number of halogens is 1. The molecule has 112 valence electrons. The Morgan fingerprint density at radius 2 is 1.75 bits per heavy atom. The number of aryl methyl sites for hydroxylation is 1. The molecule has 0 radical (unpaired) electrons. The first-order valence-electron chi connectivity index (χ1n) is 7.29. The van der Waals surface area contributed by atoms with Gasteiger partial charge in [0.2, 0.25) is 0 Å². The minimum absolute atomic E-state index is 0.346. The Kier molecular flexibility index (Phi) is 6.86. The molecule has 0 heterocycles. The Morgan fingerprint density at radius 3 is 2.20 bits per heavy atom. The summed E-state index contributed by atoms with van der Waals surface area (Å²) >= 11 is 6.18. The number of benzene rings is 1. The first-order chi connectivity index (χ1) is 9.51. The van der Waals surface area contributed by atoms with E-state index in [4.69, 9.17) is 11.6 Å². The molecule has 0 saturated heterocycles. The molecule has 0 aromatic heterocycles. The van der Waals surface area contributed by atoms with Crippen molar-refractivity contribution >= 4 is 23.3 Å². The van der Waals surface area contributed by atoms with Gasteiger partial charge in [0.25, 0.3) is 0 Å². The SMILES string of the molecule is CCCCN(CCCC)c1cc(Cl)c(C)cc1C(=O)O. The summed E-state index contributed by atoms with van der Waals surface area (Å²) in [5.74, 6) is -0.891. The normalized spacial score (nSPS) is 10.6. The second kappa shape index (κ2) is 8.15. The van der Waals surface area contributed by atoms with Crippen LogP contribution in [0.2, 0.25) is 5.02 Å². The zero-order chi connectivity index (χ0) is 15.1. The predicted octanol–water partition coefficient (Wildman–Crippen LogP) is 4.75. The molecule has 1 rings (SSSR count). The van der Waals surface area contributed by atoms with Crippen LogP contribution >= 0.6 is 11.6 Å². The van der Waals surface area contributed by atoms with Gasteiger partial charge in [0.1, 0.15) is 0 Å². The highest BCUT2D eigenvalue weighted by Crippen LogP contribution is 2.28. The summed E-state index contributed by atoms with van der Waals surface area (Å²) in [4.78, 5) is 13.6. The summed E-state index contributed by atoms with van der Waals surface area (Å²) in [7, 11) is 0. The summed E-state index contributed by atoms with van der Waals surface area (Å²) in [6.45, 7) is 7.85. The lowest BCUT2D eigenvalue weighted by molar-refractivity contribution is 0.0697. The molecule has 4 heteroatoms. The van der Waals surface area contributed by atoms with Crippen molar-refractivity contribution in [2.75, 3.05) is 18.0 Å². The third kappa shape index (κ3) is 4.41. The van der Waals surface area contributed by atoms with Crippen LogP contribution in [0.15, 0.2) is 12.1 Å². The monoisotopic (exact) mass is 297 g/mol. The second-order valence-electron chi connectivity index (χ2n) is 5.12. The fraction of sp³-hybridized carbons (Fsp3) is 0.562. The lowest BCUT2D eigenvalue weighted by atomic mass is 10.1. The fourth-order valence-electron chi connectivity index (χ4n) is 2.15. The number of unbranched alkanes of at least 4 members (excludes halogenated alkanes) is 2. The van der Waals surface area contributed by atoms with Crippen molar-refractivity contribution < 1.29 is 9.90 Å². The topological polar surface area (TPSA) is 40.5 Å². The van der Waals surface area contributed by atoms with Crippen LogP contribution in [0, 0.1) is 6.92 Å². The highest BCUT2D eigenvalue weighted by atomic mass is 35.5. The van der Waals surface area contributed by atoms with Gasteiger partial charge in [-0.25, -0.2) is 4.79 Å². The van der Waals surface area contributed by atoms with E-state index in [-0.39, 0.29) is 0 Å². The summed E-state index contributed by atoms with van der Waals surface area (Å²) in [5, 5.41) is 10.0. The lowest BCUT2D eigenvalue weighted by Gasteiger charge is -2.26. The molecule has 0 saturated carbocycles. The van der Waals surface area contributed by atoms with Crippen molar-refractivity contribution in [3.05, 3.63) is 28.3 Å². The Balaban J connectivity index is 3.15. The van der Waals surface area contributed by atoms with Gasteiger partial charge in [-0.05, 0) is 37.5 Å². The summed E-state index contributed by atoms with van der Waals surface area (Å²) < 4.78 is 0. The molecule has 0 amide bonds. The van der Waals surface area contributed by atoms with E-state index in [0.717, 1.165) is 50.0 Å².